The Balaban J connectivity index is 2.62. The lowest BCUT2D eigenvalue weighted by molar-refractivity contribution is 0.0697. The lowest BCUT2D eigenvalue weighted by Gasteiger charge is -2.18. The fourth-order valence-corrected chi connectivity index (χ4v) is 1.72. The van der Waals surface area contributed by atoms with Crippen LogP contribution in [0.2, 0.25) is 0 Å². The number of carboxylic acids is 1. The third-order valence-electron chi connectivity index (χ3n) is 2.85. The van der Waals surface area contributed by atoms with Crippen molar-refractivity contribution in [3.8, 4) is 0 Å². The van der Waals surface area contributed by atoms with Gasteiger partial charge in [-0.05, 0) is 31.4 Å². The van der Waals surface area contributed by atoms with E-state index in [1.165, 1.54) is 12.3 Å². The van der Waals surface area contributed by atoms with Gasteiger partial charge in [-0.25, -0.2) is 9.78 Å². The first-order chi connectivity index (χ1) is 8.02. The number of hydrogen-bond donors (Lipinski definition) is 2. The molecule has 4 nitrogen and oxygen atoms in total. The van der Waals surface area contributed by atoms with E-state index in [4.69, 9.17) is 5.11 Å². The molecule has 94 valence electrons. The van der Waals surface area contributed by atoms with Gasteiger partial charge in [-0.3, -0.25) is 0 Å². The summed E-state index contributed by atoms with van der Waals surface area (Å²) in [6.45, 7) is 6.46. The summed E-state index contributed by atoms with van der Waals surface area (Å²) in [5.74, 6) is 0.353. The number of pyridine rings is 1. The van der Waals surface area contributed by atoms with Crippen LogP contribution in [0.15, 0.2) is 18.3 Å². The van der Waals surface area contributed by atoms with Crippen molar-refractivity contribution < 1.29 is 9.90 Å². The molecule has 0 aromatic carbocycles. The summed E-state index contributed by atoms with van der Waals surface area (Å²) >= 11 is 0. The molecule has 0 aliphatic heterocycles. The summed E-state index contributed by atoms with van der Waals surface area (Å²) in [4.78, 5) is 14.9. The molecule has 2 unspecified atom stereocenters. The maximum Gasteiger partial charge on any atom is 0.335 e. The summed E-state index contributed by atoms with van der Waals surface area (Å²) in [5.41, 5.74) is 0.262. The summed E-state index contributed by atoms with van der Waals surface area (Å²) in [5, 5.41) is 12.1. The first-order valence-electron chi connectivity index (χ1n) is 5.98. The van der Waals surface area contributed by atoms with Crippen LogP contribution in [-0.2, 0) is 0 Å². The highest BCUT2D eigenvalue weighted by Crippen LogP contribution is 2.14. The van der Waals surface area contributed by atoms with Crippen molar-refractivity contribution in [1.29, 1.82) is 0 Å². The minimum absolute atomic E-state index is 0.262. The summed E-state index contributed by atoms with van der Waals surface area (Å²) in [7, 11) is 0. The molecule has 0 saturated carbocycles. The number of aromatic nitrogens is 1. The predicted molar refractivity (Wildman–Crippen MR) is 68.4 cm³/mol. The average Bonchev–Trinajstić information content (AvgIpc) is 2.28. The number of rotatable bonds is 6. The van der Waals surface area contributed by atoms with E-state index in [9.17, 15) is 4.79 Å². The quantitative estimate of drug-likeness (QED) is 0.797. The molecular formula is C13H20N2O2. The van der Waals surface area contributed by atoms with Gasteiger partial charge in [-0.2, -0.15) is 0 Å². The maximum absolute atomic E-state index is 10.8. The van der Waals surface area contributed by atoms with Crippen molar-refractivity contribution in [3.05, 3.63) is 23.9 Å². The number of anilines is 1. The molecule has 0 spiro atoms. The summed E-state index contributed by atoms with van der Waals surface area (Å²) in [6.07, 6.45) is 3.71. The van der Waals surface area contributed by atoms with E-state index in [0.29, 0.717) is 17.8 Å². The topological polar surface area (TPSA) is 62.2 Å². The number of carbonyl (C=O) groups is 1. The van der Waals surface area contributed by atoms with Crippen molar-refractivity contribution in [3.63, 3.8) is 0 Å². The van der Waals surface area contributed by atoms with Gasteiger partial charge in [0.15, 0.2) is 0 Å². The molecule has 0 fully saturated rings. The second-order valence-corrected chi connectivity index (χ2v) is 4.53. The van der Waals surface area contributed by atoms with Gasteiger partial charge in [0.25, 0.3) is 0 Å². The maximum atomic E-state index is 10.8. The molecule has 0 aliphatic rings. The Kier molecular flexibility index (Phi) is 4.94. The molecule has 1 rings (SSSR count). The molecule has 1 heterocycles. The van der Waals surface area contributed by atoms with E-state index >= 15 is 0 Å². The average molecular weight is 236 g/mol. The number of carboxylic acid groups (broad SMARTS) is 1. The highest BCUT2D eigenvalue weighted by molar-refractivity contribution is 5.88. The van der Waals surface area contributed by atoms with Gasteiger partial charge >= 0.3 is 5.97 Å². The zero-order chi connectivity index (χ0) is 12.8. The molecule has 0 bridgehead atoms. The number of nitrogens with zero attached hydrogens (tertiary/aromatic N) is 1. The van der Waals surface area contributed by atoms with E-state index in [2.05, 4.69) is 31.1 Å². The normalized spacial score (nSPS) is 14.1. The standard InChI is InChI=1S/C13H20N2O2/c1-4-9(2)7-10(3)15-12-8-11(13(16)17)5-6-14-12/h5-6,8-10H,4,7H2,1-3H3,(H,14,15)(H,16,17). The van der Waals surface area contributed by atoms with Crippen LogP contribution in [-0.4, -0.2) is 22.1 Å². The van der Waals surface area contributed by atoms with Crippen molar-refractivity contribution >= 4 is 11.8 Å². The van der Waals surface area contributed by atoms with Crippen LogP contribution in [0.25, 0.3) is 0 Å². The second kappa shape index (κ2) is 6.23. The highest BCUT2D eigenvalue weighted by Gasteiger charge is 2.09. The fraction of sp³-hybridized carbons (Fsp3) is 0.538. The van der Waals surface area contributed by atoms with Gasteiger partial charge < -0.3 is 10.4 Å². The van der Waals surface area contributed by atoms with Gasteiger partial charge in [0, 0.05) is 12.2 Å². The molecule has 0 aliphatic carbocycles. The number of aromatic carboxylic acids is 1. The minimum Gasteiger partial charge on any atom is -0.478 e. The Bertz CT molecular complexity index is 379. The van der Waals surface area contributed by atoms with Crippen molar-refractivity contribution in [1.82, 2.24) is 4.98 Å². The van der Waals surface area contributed by atoms with Crippen molar-refractivity contribution in [2.24, 2.45) is 5.92 Å². The third-order valence-corrected chi connectivity index (χ3v) is 2.85. The van der Waals surface area contributed by atoms with Crippen LogP contribution in [0.4, 0.5) is 5.82 Å². The molecule has 0 amide bonds. The molecule has 4 heteroatoms. The molecule has 2 N–H and O–H groups in total. The van der Waals surface area contributed by atoms with Crippen LogP contribution in [0.5, 0.6) is 0 Å². The Morgan fingerprint density at radius 2 is 2.24 bits per heavy atom. The zero-order valence-corrected chi connectivity index (χ0v) is 10.6. The number of nitrogens with one attached hydrogen (secondary N) is 1. The van der Waals surface area contributed by atoms with Gasteiger partial charge in [0.05, 0.1) is 5.56 Å². The summed E-state index contributed by atoms with van der Waals surface area (Å²) < 4.78 is 0. The fourth-order valence-electron chi connectivity index (χ4n) is 1.72. The van der Waals surface area contributed by atoms with Crippen LogP contribution < -0.4 is 5.32 Å². The van der Waals surface area contributed by atoms with Crippen molar-refractivity contribution in [2.45, 2.75) is 39.7 Å². The van der Waals surface area contributed by atoms with E-state index in [1.807, 2.05) is 0 Å². The van der Waals surface area contributed by atoms with Gasteiger partial charge in [0.2, 0.25) is 0 Å². The van der Waals surface area contributed by atoms with Gasteiger partial charge in [0.1, 0.15) is 5.82 Å². The van der Waals surface area contributed by atoms with Crippen LogP contribution in [0.1, 0.15) is 44.0 Å². The van der Waals surface area contributed by atoms with Crippen molar-refractivity contribution in [2.75, 3.05) is 5.32 Å². The van der Waals surface area contributed by atoms with Gasteiger partial charge in [-0.15, -0.1) is 0 Å². The molecule has 1 aromatic heterocycles. The molecule has 0 saturated heterocycles. The molecule has 0 radical (unpaired) electrons. The largest absolute Gasteiger partial charge is 0.478 e. The Labute approximate surface area is 102 Å². The van der Waals surface area contributed by atoms with E-state index in [0.717, 1.165) is 12.8 Å². The first-order valence-corrected chi connectivity index (χ1v) is 5.98. The minimum atomic E-state index is -0.926. The second-order valence-electron chi connectivity index (χ2n) is 4.53. The molecule has 2 atom stereocenters. The Morgan fingerprint density at radius 3 is 2.82 bits per heavy atom. The Morgan fingerprint density at radius 1 is 1.53 bits per heavy atom. The van der Waals surface area contributed by atoms with Crippen LogP contribution in [0, 0.1) is 5.92 Å². The lowest BCUT2D eigenvalue weighted by Crippen LogP contribution is -2.19. The van der Waals surface area contributed by atoms with E-state index in [-0.39, 0.29) is 5.56 Å². The highest BCUT2D eigenvalue weighted by atomic mass is 16.4. The monoisotopic (exact) mass is 236 g/mol. The summed E-state index contributed by atoms with van der Waals surface area (Å²) in [6, 6.07) is 3.35. The van der Waals surface area contributed by atoms with E-state index < -0.39 is 5.97 Å². The molecule has 1 aromatic rings. The third kappa shape index (κ3) is 4.43. The van der Waals surface area contributed by atoms with Crippen LogP contribution >= 0.6 is 0 Å². The first kappa shape index (κ1) is 13.5. The smallest absolute Gasteiger partial charge is 0.335 e. The van der Waals surface area contributed by atoms with Crippen LogP contribution in [0.3, 0.4) is 0 Å². The lowest BCUT2D eigenvalue weighted by atomic mass is 10.0. The Hall–Kier alpha value is -1.58. The number of hydrogen-bond acceptors (Lipinski definition) is 3. The zero-order valence-electron chi connectivity index (χ0n) is 10.6. The molecular weight excluding hydrogens is 216 g/mol. The van der Waals surface area contributed by atoms with Gasteiger partial charge in [-0.1, -0.05) is 20.3 Å². The SMILES string of the molecule is CCC(C)CC(C)Nc1cc(C(=O)O)ccn1. The molecule has 17 heavy (non-hydrogen) atoms. The predicted octanol–water partition coefficient (Wildman–Crippen LogP) is 3.02. The van der Waals surface area contributed by atoms with E-state index in [1.54, 1.807) is 6.07 Å².